The minimum absolute atomic E-state index is 0.0428. The molecule has 1 fully saturated rings. The SMILES string of the molecule is COc1ccc(F)cc1CN1CCN(CC(=O)N2CCC(c3ccccc3)=N2)CC1. The van der Waals surface area contributed by atoms with Crippen molar-refractivity contribution in [1.29, 1.82) is 0 Å². The Labute approximate surface area is 176 Å². The van der Waals surface area contributed by atoms with Crippen molar-refractivity contribution in [2.45, 2.75) is 13.0 Å². The molecule has 0 saturated carbocycles. The highest BCUT2D eigenvalue weighted by atomic mass is 19.1. The summed E-state index contributed by atoms with van der Waals surface area (Å²) < 4.78 is 18.9. The van der Waals surface area contributed by atoms with Gasteiger partial charge in [-0.1, -0.05) is 30.3 Å². The number of methoxy groups -OCH3 is 1. The van der Waals surface area contributed by atoms with E-state index in [-0.39, 0.29) is 11.7 Å². The van der Waals surface area contributed by atoms with E-state index >= 15 is 0 Å². The number of nitrogens with zero attached hydrogens (tertiary/aromatic N) is 4. The number of rotatable bonds is 6. The summed E-state index contributed by atoms with van der Waals surface area (Å²) in [7, 11) is 1.60. The summed E-state index contributed by atoms with van der Waals surface area (Å²) in [4.78, 5) is 17.1. The molecule has 6 nitrogen and oxygen atoms in total. The fourth-order valence-electron chi connectivity index (χ4n) is 3.96. The van der Waals surface area contributed by atoms with Gasteiger partial charge < -0.3 is 4.74 Å². The van der Waals surface area contributed by atoms with E-state index in [2.05, 4.69) is 14.9 Å². The maximum absolute atomic E-state index is 13.6. The molecule has 0 radical (unpaired) electrons. The lowest BCUT2D eigenvalue weighted by Gasteiger charge is -2.34. The van der Waals surface area contributed by atoms with Crippen LogP contribution in [0.4, 0.5) is 4.39 Å². The Bertz CT molecular complexity index is 911. The van der Waals surface area contributed by atoms with E-state index in [9.17, 15) is 9.18 Å². The second-order valence-corrected chi connectivity index (χ2v) is 7.69. The van der Waals surface area contributed by atoms with E-state index in [4.69, 9.17) is 4.74 Å². The Kier molecular flexibility index (Phi) is 6.40. The van der Waals surface area contributed by atoms with Crippen LogP contribution >= 0.6 is 0 Å². The lowest BCUT2D eigenvalue weighted by molar-refractivity contribution is -0.132. The van der Waals surface area contributed by atoms with Crippen LogP contribution in [0.2, 0.25) is 0 Å². The van der Waals surface area contributed by atoms with Crippen LogP contribution < -0.4 is 4.74 Å². The van der Waals surface area contributed by atoms with Gasteiger partial charge >= 0.3 is 0 Å². The lowest BCUT2D eigenvalue weighted by Crippen LogP contribution is -2.49. The number of hydrazone groups is 1. The second-order valence-electron chi connectivity index (χ2n) is 7.69. The first kappa shape index (κ1) is 20.5. The minimum atomic E-state index is -0.254. The highest BCUT2D eigenvalue weighted by Gasteiger charge is 2.25. The number of carbonyl (C=O) groups excluding carboxylic acids is 1. The maximum Gasteiger partial charge on any atom is 0.256 e. The molecule has 0 unspecified atom stereocenters. The number of benzene rings is 2. The number of amides is 1. The molecule has 2 aromatic rings. The molecule has 4 rings (SSSR count). The maximum atomic E-state index is 13.6. The smallest absolute Gasteiger partial charge is 0.256 e. The van der Waals surface area contributed by atoms with Crippen molar-refractivity contribution in [2.24, 2.45) is 5.10 Å². The minimum Gasteiger partial charge on any atom is -0.496 e. The number of halogens is 1. The number of hydrogen-bond acceptors (Lipinski definition) is 5. The number of ether oxygens (including phenoxy) is 1. The van der Waals surface area contributed by atoms with Gasteiger partial charge in [-0.2, -0.15) is 5.10 Å². The van der Waals surface area contributed by atoms with Crippen LogP contribution in [-0.4, -0.2) is 72.8 Å². The van der Waals surface area contributed by atoms with Crippen LogP contribution in [0.5, 0.6) is 5.75 Å². The van der Waals surface area contributed by atoms with Gasteiger partial charge in [-0.25, -0.2) is 9.40 Å². The molecule has 158 valence electrons. The standard InChI is InChI=1S/C23H27FN4O2/c1-30-22-8-7-20(24)15-19(22)16-26-11-13-27(14-12-26)17-23(29)28-10-9-21(25-28)18-5-3-2-4-6-18/h2-8,15H,9-14,16-17H2,1H3. The predicted molar refractivity (Wildman–Crippen MR) is 114 cm³/mol. The molecule has 7 heteroatoms. The molecular weight excluding hydrogens is 383 g/mol. The van der Waals surface area contributed by atoms with Gasteiger partial charge in [-0.05, 0) is 23.8 Å². The normalized spacial score (nSPS) is 17.8. The Balaban J connectivity index is 1.28. The summed E-state index contributed by atoms with van der Waals surface area (Å²) in [5, 5.41) is 6.14. The lowest BCUT2D eigenvalue weighted by atomic mass is 10.1. The first-order valence-corrected chi connectivity index (χ1v) is 10.3. The van der Waals surface area contributed by atoms with E-state index in [0.717, 1.165) is 49.4 Å². The van der Waals surface area contributed by atoms with Crippen molar-refractivity contribution in [3.8, 4) is 5.75 Å². The molecule has 0 aliphatic carbocycles. The Morgan fingerprint density at radius 2 is 1.77 bits per heavy atom. The highest BCUT2D eigenvalue weighted by molar-refractivity contribution is 6.02. The topological polar surface area (TPSA) is 48.4 Å². The summed E-state index contributed by atoms with van der Waals surface area (Å²) in [6.45, 7) is 4.90. The van der Waals surface area contributed by atoms with Gasteiger partial charge in [0.1, 0.15) is 11.6 Å². The molecule has 0 N–H and O–H groups in total. The van der Waals surface area contributed by atoms with Gasteiger partial charge in [0.25, 0.3) is 5.91 Å². The fraction of sp³-hybridized carbons (Fsp3) is 0.391. The third-order valence-electron chi connectivity index (χ3n) is 5.66. The summed E-state index contributed by atoms with van der Waals surface area (Å²) in [6.07, 6.45) is 0.791. The molecule has 0 atom stereocenters. The van der Waals surface area contributed by atoms with Gasteiger partial charge in [0, 0.05) is 44.7 Å². The zero-order valence-electron chi connectivity index (χ0n) is 17.3. The Morgan fingerprint density at radius 3 is 2.50 bits per heavy atom. The summed E-state index contributed by atoms with van der Waals surface area (Å²) in [6, 6.07) is 14.6. The van der Waals surface area contributed by atoms with E-state index in [0.29, 0.717) is 25.4 Å². The first-order chi connectivity index (χ1) is 14.6. The van der Waals surface area contributed by atoms with Gasteiger partial charge in [0.2, 0.25) is 0 Å². The van der Waals surface area contributed by atoms with Crippen molar-refractivity contribution < 1.29 is 13.9 Å². The molecule has 0 spiro atoms. The highest BCUT2D eigenvalue weighted by Crippen LogP contribution is 2.22. The number of hydrogen-bond donors (Lipinski definition) is 0. The molecule has 30 heavy (non-hydrogen) atoms. The number of piperazine rings is 1. The van der Waals surface area contributed by atoms with E-state index in [1.807, 2.05) is 30.3 Å². The molecule has 2 aliphatic heterocycles. The molecule has 1 saturated heterocycles. The van der Waals surface area contributed by atoms with Gasteiger partial charge in [0.05, 0.1) is 25.9 Å². The van der Waals surface area contributed by atoms with Crippen LogP contribution in [0.1, 0.15) is 17.5 Å². The Hall–Kier alpha value is -2.77. The molecule has 0 aromatic heterocycles. The molecule has 1 amide bonds. The quantitative estimate of drug-likeness (QED) is 0.735. The summed E-state index contributed by atoms with van der Waals surface area (Å²) in [5.74, 6) is 0.493. The number of carbonyl (C=O) groups is 1. The second kappa shape index (κ2) is 9.36. The van der Waals surface area contributed by atoms with E-state index in [1.165, 1.54) is 12.1 Å². The fourth-order valence-corrected chi connectivity index (χ4v) is 3.96. The van der Waals surface area contributed by atoms with Crippen molar-refractivity contribution in [3.05, 3.63) is 65.5 Å². The van der Waals surface area contributed by atoms with Gasteiger partial charge in [0.15, 0.2) is 0 Å². The van der Waals surface area contributed by atoms with Crippen LogP contribution in [0.3, 0.4) is 0 Å². The molecule has 2 aromatic carbocycles. The van der Waals surface area contributed by atoms with Crippen molar-refractivity contribution >= 4 is 11.6 Å². The van der Waals surface area contributed by atoms with Gasteiger partial charge in [-0.15, -0.1) is 0 Å². The van der Waals surface area contributed by atoms with Crippen molar-refractivity contribution in [3.63, 3.8) is 0 Å². The first-order valence-electron chi connectivity index (χ1n) is 10.3. The summed E-state index contributed by atoms with van der Waals surface area (Å²) >= 11 is 0. The van der Waals surface area contributed by atoms with Crippen molar-refractivity contribution in [1.82, 2.24) is 14.8 Å². The third kappa shape index (κ3) is 4.86. The van der Waals surface area contributed by atoms with E-state index < -0.39 is 0 Å². The summed E-state index contributed by atoms with van der Waals surface area (Å²) in [5.41, 5.74) is 2.90. The zero-order valence-corrected chi connectivity index (χ0v) is 17.3. The predicted octanol–water partition coefficient (Wildman–Crippen LogP) is 2.59. The Morgan fingerprint density at radius 1 is 1.03 bits per heavy atom. The van der Waals surface area contributed by atoms with Crippen LogP contribution in [-0.2, 0) is 11.3 Å². The average molecular weight is 410 g/mol. The molecule has 2 aliphatic rings. The van der Waals surface area contributed by atoms with Crippen LogP contribution in [0.25, 0.3) is 0 Å². The largest absolute Gasteiger partial charge is 0.496 e. The molecule has 2 heterocycles. The monoisotopic (exact) mass is 410 g/mol. The van der Waals surface area contributed by atoms with Gasteiger partial charge in [-0.3, -0.25) is 14.6 Å². The molecular formula is C23H27FN4O2. The average Bonchev–Trinajstić information content (AvgIpc) is 3.27. The molecule has 0 bridgehead atoms. The van der Waals surface area contributed by atoms with E-state index in [1.54, 1.807) is 18.2 Å². The van der Waals surface area contributed by atoms with Crippen LogP contribution in [0, 0.1) is 5.82 Å². The zero-order chi connectivity index (χ0) is 20.9. The van der Waals surface area contributed by atoms with Crippen molar-refractivity contribution in [2.75, 3.05) is 46.4 Å². The van der Waals surface area contributed by atoms with Crippen LogP contribution in [0.15, 0.2) is 53.6 Å². The third-order valence-corrected chi connectivity index (χ3v) is 5.66.